The zero-order valence-electron chi connectivity index (χ0n) is 15.3. The Hall–Kier alpha value is -1.72. The average Bonchev–Trinajstić information content (AvgIpc) is 2.53. The van der Waals surface area contributed by atoms with Crippen LogP contribution >= 0.6 is 0 Å². The molecule has 0 N–H and O–H groups in total. The van der Waals surface area contributed by atoms with Crippen LogP contribution in [0.25, 0.3) is 0 Å². The summed E-state index contributed by atoms with van der Waals surface area (Å²) in [6.45, 7) is 10.6. The Morgan fingerprint density at radius 2 is 1.96 bits per heavy atom. The Bertz CT molecular complexity index is 564. The second-order valence-corrected chi connectivity index (χ2v) is 7.30. The molecule has 2 heterocycles. The lowest BCUT2D eigenvalue weighted by atomic mass is 9.90. The molecule has 0 unspecified atom stereocenters. The van der Waals surface area contributed by atoms with Crippen molar-refractivity contribution in [2.75, 3.05) is 31.1 Å². The van der Waals surface area contributed by atoms with Crippen molar-refractivity contribution in [1.82, 2.24) is 9.88 Å². The van der Waals surface area contributed by atoms with E-state index in [0.29, 0.717) is 13.1 Å². The van der Waals surface area contributed by atoms with Crippen molar-refractivity contribution in [1.29, 1.82) is 0 Å². The lowest BCUT2D eigenvalue weighted by Crippen LogP contribution is -2.50. The van der Waals surface area contributed by atoms with Crippen LogP contribution in [0.2, 0.25) is 0 Å². The smallest absolute Gasteiger partial charge is 0.410 e. The molecule has 130 valence electrons. The molecule has 1 fully saturated rings. The Morgan fingerprint density at radius 3 is 2.54 bits per heavy atom. The van der Waals surface area contributed by atoms with E-state index in [9.17, 15) is 4.79 Å². The van der Waals surface area contributed by atoms with Gasteiger partial charge in [-0.25, -0.2) is 9.78 Å². The Morgan fingerprint density at radius 1 is 1.29 bits per heavy atom. The number of carbonyl (C=O) groups excluding carboxylic acids is 1. The molecule has 2 rings (SSSR count). The monoisotopic (exact) mass is 329 g/mol. The van der Waals surface area contributed by atoms with Crippen molar-refractivity contribution in [2.45, 2.75) is 52.6 Å². The molecule has 0 aromatic carbocycles. The summed E-state index contributed by atoms with van der Waals surface area (Å²) < 4.78 is 5.43. The Labute approximate surface area is 146 Å². The van der Waals surface area contributed by atoms with E-state index in [-0.39, 0.29) is 6.09 Å². The van der Waals surface area contributed by atoms with Crippen LogP contribution in [0.1, 0.15) is 46.1 Å². The van der Waals surface area contributed by atoms with Gasteiger partial charge >= 0.3 is 6.09 Å². The van der Waals surface area contributed by atoms with Gasteiger partial charge in [-0.3, -0.25) is 0 Å². The van der Waals surface area contributed by atoms with Gasteiger partial charge in [0.25, 0.3) is 0 Å². The molecule has 0 bridgehead atoms. The normalized spacial score (nSPS) is 15.5. The minimum Gasteiger partial charge on any atom is -0.444 e. The predicted molar refractivity (Wildman–Crippen MR) is 98.3 cm³/mol. The maximum absolute atomic E-state index is 12.1. The molecule has 0 spiro atoms. The van der Waals surface area contributed by atoms with Crippen LogP contribution < -0.4 is 10.4 Å². The Balaban J connectivity index is 1.96. The first-order chi connectivity index (χ1) is 11.3. The molecule has 2 radical (unpaired) electrons. The van der Waals surface area contributed by atoms with Crippen molar-refractivity contribution in [3.63, 3.8) is 0 Å². The molecule has 24 heavy (non-hydrogen) atoms. The summed E-state index contributed by atoms with van der Waals surface area (Å²) in [7, 11) is 6.03. The number of nitrogens with zero attached hydrogens (tertiary/aromatic N) is 3. The lowest BCUT2D eigenvalue weighted by Gasteiger charge is -2.36. The van der Waals surface area contributed by atoms with E-state index in [1.54, 1.807) is 11.1 Å². The van der Waals surface area contributed by atoms with Crippen LogP contribution in [0.4, 0.5) is 10.6 Å². The second-order valence-electron chi connectivity index (χ2n) is 7.30. The molecule has 0 atom stereocenters. The fraction of sp³-hybridized carbons (Fsp3) is 0.667. The largest absolute Gasteiger partial charge is 0.444 e. The minimum atomic E-state index is -0.457. The quantitative estimate of drug-likeness (QED) is 0.795. The number of aromatic nitrogens is 1. The molecule has 1 aliphatic rings. The first kappa shape index (κ1) is 18.6. The number of unbranched alkanes of at least 4 members (excludes halogenated alkanes) is 1. The molecule has 0 saturated carbocycles. The number of hydrogen-bond acceptors (Lipinski definition) is 4. The molecular formula is C18H28BN3O2. The van der Waals surface area contributed by atoms with Crippen LogP contribution in [0, 0.1) is 0 Å². The molecule has 0 aliphatic carbocycles. The highest BCUT2D eigenvalue weighted by atomic mass is 16.6. The van der Waals surface area contributed by atoms with Crippen LogP contribution in [0.15, 0.2) is 12.3 Å². The first-order valence-electron chi connectivity index (χ1n) is 8.77. The fourth-order valence-corrected chi connectivity index (χ4v) is 2.70. The number of hydrogen-bond donors (Lipinski definition) is 0. The molecule has 1 aliphatic heterocycles. The summed E-state index contributed by atoms with van der Waals surface area (Å²) in [6.07, 6.45) is 4.76. The average molecular weight is 329 g/mol. The number of piperazine rings is 1. The van der Waals surface area contributed by atoms with E-state index in [1.807, 2.05) is 20.8 Å². The van der Waals surface area contributed by atoms with Crippen LogP contribution in [-0.4, -0.2) is 55.6 Å². The van der Waals surface area contributed by atoms with Crippen LogP contribution in [-0.2, 0) is 11.2 Å². The predicted octanol–water partition coefficient (Wildman–Crippen LogP) is 2.28. The third kappa shape index (κ3) is 5.15. The van der Waals surface area contributed by atoms with Gasteiger partial charge in [0.05, 0.1) is 0 Å². The zero-order chi connectivity index (χ0) is 17.7. The first-order valence-corrected chi connectivity index (χ1v) is 8.77. The molecule has 1 aromatic rings. The van der Waals surface area contributed by atoms with Crippen molar-refractivity contribution in [3.8, 4) is 0 Å². The minimum absolute atomic E-state index is 0.240. The van der Waals surface area contributed by atoms with E-state index in [2.05, 4.69) is 22.9 Å². The van der Waals surface area contributed by atoms with E-state index >= 15 is 0 Å². The molecule has 5 nitrogen and oxygen atoms in total. The number of amides is 1. The van der Waals surface area contributed by atoms with Crippen molar-refractivity contribution >= 4 is 25.2 Å². The lowest BCUT2D eigenvalue weighted by molar-refractivity contribution is 0.0240. The topological polar surface area (TPSA) is 45.7 Å². The molecule has 6 heteroatoms. The highest BCUT2D eigenvalue weighted by molar-refractivity contribution is 6.33. The molecular weight excluding hydrogens is 301 g/mol. The summed E-state index contributed by atoms with van der Waals surface area (Å²) >= 11 is 0. The summed E-state index contributed by atoms with van der Waals surface area (Å²) in [4.78, 5) is 20.6. The molecule has 1 amide bonds. The number of carbonyl (C=O) groups is 1. The fourth-order valence-electron chi connectivity index (χ4n) is 2.70. The maximum atomic E-state index is 12.1. The van der Waals surface area contributed by atoms with Crippen molar-refractivity contribution < 1.29 is 9.53 Å². The van der Waals surface area contributed by atoms with E-state index in [0.717, 1.165) is 49.2 Å². The van der Waals surface area contributed by atoms with Gasteiger partial charge in [-0.15, -0.1) is 0 Å². The van der Waals surface area contributed by atoms with Crippen molar-refractivity contribution in [2.24, 2.45) is 0 Å². The number of aryl methyl sites for hydroxylation is 1. The number of anilines is 1. The second kappa shape index (κ2) is 7.91. The highest BCUT2D eigenvalue weighted by Gasteiger charge is 2.26. The zero-order valence-corrected chi connectivity index (χ0v) is 15.3. The third-order valence-electron chi connectivity index (χ3n) is 4.07. The summed E-state index contributed by atoms with van der Waals surface area (Å²) in [5, 5.41) is 0. The maximum Gasteiger partial charge on any atom is 0.410 e. The highest BCUT2D eigenvalue weighted by Crippen LogP contribution is 2.17. The summed E-state index contributed by atoms with van der Waals surface area (Å²) in [5.74, 6) is 0.944. The third-order valence-corrected chi connectivity index (χ3v) is 4.07. The van der Waals surface area contributed by atoms with Gasteiger partial charge in [0.1, 0.15) is 19.3 Å². The van der Waals surface area contributed by atoms with Gasteiger partial charge in [0, 0.05) is 32.4 Å². The van der Waals surface area contributed by atoms with Gasteiger partial charge in [0.15, 0.2) is 0 Å². The summed E-state index contributed by atoms with van der Waals surface area (Å²) in [5.41, 5.74) is 1.47. The van der Waals surface area contributed by atoms with Crippen molar-refractivity contribution in [3.05, 3.63) is 17.8 Å². The summed E-state index contributed by atoms with van der Waals surface area (Å²) in [6, 6.07) is 2.09. The van der Waals surface area contributed by atoms with Gasteiger partial charge < -0.3 is 14.5 Å². The SMILES string of the molecule is [B]c1cnc(N2CCN(C(=O)OC(C)(C)C)CC2)cc1CCCC. The number of rotatable bonds is 4. The van der Waals surface area contributed by atoms with Gasteiger partial charge in [-0.2, -0.15) is 0 Å². The Kier molecular flexibility index (Phi) is 6.13. The number of pyridine rings is 1. The van der Waals surface area contributed by atoms with Crippen LogP contribution in [0.3, 0.4) is 0 Å². The molecule has 1 aromatic heterocycles. The van der Waals surface area contributed by atoms with E-state index in [4.69, 9.17) is 12.6 Å². The number of ether oxygens (including phenoxy) is 1. The van der Waals surface area contributed by atoms with Gasteiger partial charge in [-0.05, 0) is 45.2 Å². The molecule has 1 saturated heterocycles. The van der Waals surface area contributed by atoms with Gasteiger partial charge in [-0.1, -0.05) is 18.8 Å². The van der Waals surface area contributed by atoms with E-state index < -0.39 is 5.60 Å². The standard InChI is InChI=1S/C18H28BN3O2/c1-5-6-7-14-12-16(20-13-15(14)19)21-8-10-22(11-9-21)17(23)24-18(2,3)4/h12-13H,5-11H2,1-4H3. The van der Waals surface area contributed by atoms with Gasteiger partial charge in [0.2, 0.25) is 0 Å². The van der Waals surface area contributed by atoms with Crippen LogP contribution in [0.5, 0.6) is 0 Å². The van der Waals surface area contributed by atoms with E-state index in [1.165, 1.54) is 0 Å².